The smallest absolute Gasteiger partial charge is 0.320 e. The monoisotopic (exact) mass is 255 g/mol. The van der Waals surface area contributed by atoms with Crippen LogP contribution in [0.5, 0.6) is 0 Å². The van der Waals surface area contributed by atoms with Gasteiger partial charge in [-0.1, -0.05) is 6.92 Å². The molecule has 2 saturated heterocycles. The molecule has 2 aliphatic rings. The van der Waals surface area contributed by atoms with Crippen molar-refractivity contribution in [1.82, 2.24) is 15.1 Å². The molecule has 2 N–H and O–H groups in total. The SMILES string of the molecule is CCC(C(=O)O)N1CCN(C2CCNCC2)CC1. The van der Waals surface area contributed by atoms with E-state index in [0.29, 0.717) is 12.5 Å². The van der Waals surface area contributed by atoms with Crippen LogP contribution in [0.15, 0.2) is 0 Å². The average Bonchev–Trinajstić information content (AvgIpc) is 2.41. The van der Waals surface area contributed by atoms with E-state index in [-0.39, 0.29) is 6.04 Å². The van der Waals surface area contributed by atoms with Crippen LogP contribution < -0.4 is 5.32 Å². The lowest BCUT2D eigenvalue weighted by molar-refractivity contribution is -0.144. The van der Waals surface area contributed by atoms with Gasteiger partial charge in [0, 0.05) is 32.2 Å². The Bertz CT molecular complexity index is 271. The van der Waals surface area contributed by atoms with Crippen molar-refractivity contribution in [3.8, 4) is 0 Å². The van der Waals surface area contributed by atoms with E-state index in [1.165, 1.54) is 12.8 Å². The summed E-state index contributed by atoms with van der Waals surface area (Å²) in [5.41, 5.74) is 0. The molecule has 2 aliphatic heterocycles. The number of carboxylic acid groups (broad SMARTS) is 1. The van der Waals surface area contributed by atoms with Gasteiger partial charge in [-0.05, 0) is 32.4 Å². The number of carbonyl (C=O) groups is 1. The molecule has 2 fully saturated rings. The minimum atomic E-state index is -0.673. The van der Waals surface area contributed by atoms with E-state index < -0.39 is 5.97 Å². The Hall–Kier alpha value is -0.650. The first-order valence-corrected chi connectivity index (χ1v) is 7.14. The van der Waals surface area contributed by atoms with Crippen molar-refractivity contribution in [1.29, 1.82) is 0 Å². The molecular weight excluding hydrogens is 230 g/mol. The Morgan fingerprint density at radius 3 is 2.39 bits per heavy atom. The van der Waals surface area contributed by atoms with Crippen LogP contribution in [0.3, 0.4) is 0 Å². The number of hydrogen-bond donors (Lipinski definition) is 2. The van der Waals surface area contributed by atoms with Gasteiger partial charge < -0.3 is 10.4 Å². The van der Waals surface area contributed by atoms with Crippen molar-refractivity contribution in [3.05, 3.63) is 0 Å². The van der Waals surface area contributed by atoms with E-state index >= 15 is 0 Å². The quantitative estimate of drug-likeness (QED) is 0.752. The fourth-order valence-electron chi connectivity index (χ4n) is 3.18. The molecule has 1 unspecified atom stereocenters. The van der Waals surface area contributed by atoms with E-state index in [4.69, 9.17) is 0 Å². The number of nitrogens with zero attached hydrogens (tertiary/aromatic N) is 2. The maximum absolute atomic E-state index is 11.1. The number of aliphatic carboxylic acids is 1. The summed E-state index contributed by atoms with van der Waals surface area (Å²) in [5, 5.41) is 12.6. The zero-order valence-electron chi connectivity index (χ0n) is 11.3. The van der Waals surface area contributed by atoms with E-state index in [1.807, 2.05) is 6.92 Å². The molecule has 0 saturated carbocycles. The van der Waals surface area contributed by atoms with Crippen molar-refractivity contribution in [2.75, 3.05) is 39.3 Å². The Morgan fingerprint density at radius 1 is 1.28 bits per heavy atom. The van der Waals surface area contributed by atoms with Crippen molar-refractivity contribution in [3.63, 3.8) is 0 Å². The van der Waals surface area contributed by atoms with Gasteiger partial charge in [0.25, 0.3) is 0 Å². The maximum Gasteiger partial charge on any atom is 0.320 e. The van der Waals surface area contributed by atoms with Crippen LogP contribution in [-0.4, -0.2) is 72.2 Å². The number of carboxylic acids is 1. The maximum atomic E-state index is 11.1. The summed E-state index contributed by atoms with van der Waals surface area (Å²) in [7, 11) is 0. The van der Waals surface area contributed by atoms with Gasteiger partial charge in [-0.2, -0.15) is 0 Å². The largest absolute Gasteiger partial charge is 0.480 e. The Morgan fingerprint density at radius 2 is 1.89 bits per heavy atom. The van der Waals surface area contributed by atoms with Crippen LogP contribution in [0, 0.1) is 0 Å². The van der Waals surface area contributed by atoms with Crippen LogP contribution in [0.25, 0.3) is 0 Å². The predicted molar refractivity (Wildman–Crippen MR) is 70.8 cm³/mol. The molecule has 5 heteroatoms. The molecule has 2 rings (SSSR count). The van der Waals surface area contributed by atoms with Crippen molar-refractivity contribution < 1.29 is 9.90 Å². The molecule has 2 heterocycles. The predicted octanol–water partition coefficient (Wildman–Crippen LogP) is 0.219. The van der Waals surface area contributed by atoms with Crippen molar-refractivity contribution >= 4 is 5.97 Å². The molecule has 1 atom stereocenters. The van der Waals surface area contributed by atoms with Gasteiger partial charge in [-0.25, -0.2) is 0 Å². The van der Waals surface area contributed by atoms with E-state index in [2.05, 4.69) is 15.1 Å². The molecule has 0 aromatic heterocycles. The third kappa shape index (κ3) is 3.22. The third-order valence-electron chi connectivity index (χ3n) is 4.29. The van der Waals surface area contributed by atoms with E-state index in [0.717, 1.165) is 39.3 Å². The zero-order chi connectivity index (χ0) is 13.0. The molecule has 104 valence electrons. The summed E-state index contributed by atoms with van der Waals surface area (Å²) >= 11 is 0. The summed E-state index contributed by atoms with van der Waals surface area (Å²) in [6.45, 7) is 8.04. The number of hydrogen-bond acceptors (Lipinski definition) is 4. The lowest BCUT2D eigenvalue weighted by Gasteiger charge is -2.42. The molecule has 18 heavy (non-hydrogen) atoms. The second-order valence-electron chi connectivity index (χ2n) is 5.32. The first kappa shape index (κ1) is 13.8. The fraction of sp³-hybridized carbons (Fsp3) is 0.923. The van der Waals surface area contributed by atoms with Gasteiger partial charge in [0.2, 0.25) is 0 Å². The summed E-state index contributed by atoms with van der Waals surface area (Å²) in [6.07, 6.45) is 3.16. The molecule has 0 aromatic carbocycles. The Kier molecular flexibility index (Phi) is 4.97. The first-order valence-electron chi connectivity index (χ1n) is 7.14. The van der Waals surface area contributed by atoms with Gasteiger partial charge >= 0.3 is 5.97 Å². The molecule has 0 aromatic rings. The van der Waals surface area contributed by atoms with E-state index in [1.54, 1.807) is 0 Å². The van der Waals surface area contributed by atoms with Crippen molar-refractivity contribution in [2.24, 2.45) is 0 Å². The molecule has 5 nitrogen and oxygen atoms in total. The summed E-state index contributed by atoms with van der Waals surface area (Å²) < 4.78 is 0. The van der Waals surface area contributed by atoms with Gasteiger partial charge in [-0.15, -0.1) is 0 Å². The van der Waals surface area contributed by atoms with E-state index in [9.17, 15) is 9.90 Å². The topological polar surface area (TPSA) is 55.8 Å². The van der Waals surface area contributed by atoms with Crippen LogP contribution in [0.4, 0.5) is 0 Å². The molecule has 0 aliphatic carbocycles. The van der Waals surface area contributed by atoms with Crippen LogP contribution in [-0.2, 0) is 4.79 Å². The normalized spacial score (nSPS) is 26.1. The minimum absolute atomic E-state index is 0.292. The van der Waals surface area contributed by atoms with Gasteiger partial charge in [0.05, 0.1) is 0 Å². The number of nitrogens with one attached hydrogen (secondary N) is 1. The van der Waals surface area contributed by atoms with Gasteiger partial charge in [-0.3, -0.25) is 14.6 Å². The van der Waals surface area contributed by atoms with Crippen LogP contribution >= 0.6 is 0 Å². The Labute approximate surface area is 109 Å². The molecular formula is C13H25N3O2. The highest BCUT2D eigenvalue weighted by molar-refractivity contribution is 5.73. The summed E-state index contributed by atoms with van der Waals surface area (Å²) in [6, 6.07) is 0.415. The Balaban J connectivity index is 1.81. The summed E-state index contributed by atoms with van der Waals surface area (Å²) in [5.74, 6) is -0.673. The minimum Gasteiger partial charge on any atom is -0.480 e. The highest BCUT2D eigenvalue weighted by atomic mass is 16.4. The second kappa shape index (κ2) is 6.50. The number of piperidine rings is 1. The van der Waals surface area contributed by atoms with Gasteiger partial charge in [0.1, 0.15) is 6.04 Å². The second-order valence-corrected chi connectivity index (χ2v) is 5.32. The zero-order valence-corrected chi connectivity index (χ0v) is 11.3. The average molecular weight is 255 g/mol. The lowest BCUT2D eigenvalue weighted by Crippen LogP contribution is -2.56. The highest BCUT2D eigenvalue weighted by Crippen LogP contribution is 2.16. The number of piperazine rings is 1. The summed E-state index contributed by atoms with van der Waals surface area (Å²) in [4.78, 5) is 15.8. The standard InChI is InChI=1S/C13H25N3O2/c1-2-12(13(17)18)16-9-7-15(8-10-16)11-3-5-14-6-4-11/h11-12,14H,2-10H2,1H3,(H,17,18). The van der Waals surface area contributed by atoms with Crippen LogP contribution in [0.1, 0.15) is 26.2 Å². The number of rotatable bonds is 4. The van der Waals surface area contributed by atoms with Crippen molar-refractivity contribution in [2.45, 2.75) is 38.3 Å². The highest BCUT2D eigenvalue weighted by Gasteiger charge is 2.30. The van der Waals surface area contributed by atoms with Crippen LogP contribution in [0.2, 0.25) is 0 Å². The molecule has 0 spiro atoms. The fourth-order valence-corrected chi connectivity index (χ4v) is 3.18. The first-order chi connectivity index (χ1) is 8.72. The van der Waals surface area contributed by atoms with Gasteiger partial charge in [0.15, 0.2) is 0 Å². The molecule has 0 radical (unpaired) electrons. The third-order valence-corrected chi connectivity index (χ3v) is 4.29. The molecule has 0 bridgehead atoms. The molecule has 0 amide bonds. The lowest BCUT2D eigenvalue weighted by atomic mass is 10.0.